The second-order valence-electron chi connectivity index (χ2n) is 4.78. The van der Waals surface area contributed by atoms with E-state index in [-0.39, 0.29) is 0 Å². The van der Waals surface area contributed by atoms with Crippen LogP contribution < -0.4 is 4.74 Å². The van der Waals surface area contributed by atoms with Crippen molar-refractivity contribution >= 4 is 44.8 Å². The zero-order chi connectivity index (χ0) is 15.5. The fraction of sp³-hybridized carbons (Fsp3) is 0.118. The van der Waals surface area contributed by atoms with Crippen LogP contribution in [0.3, 0.4) is 0 Å². The standard InChI is InChI=1S/C17H12BrClO3/c18-14(9-20)17-8-13-15(6-12(19)7-16(13)22-17)21-10-11-4-2-1-3-5-11/h1-9,14H,10H2. The number of alkyl halides is 1. The molecule has 1 unspecified atom stereocenters. The lowest BCUT2D eigenvalue weighted by molar-refractivity contribution is -0.107. The van der Waals surface area contributed by atoms with Crippen LogP contribution in [-0.4, -0.2) is 6.29 Å². The highest BCUT2D eigenvalue weighted by atomic mass is 79.9. The molecule has 0 saturated carbocycles. The molecule has 0 aliphatic carbocycles. The lowest BCUT2D eigenvalue weighted by atomic mass is 10.2. The number of hydrogen-bond donors (Lipinski definition) is 0. The van der Waals surface area contributed by atoms with Gasteiger partial charge in [0.2, 0.25) is 0 Å². The summed E-state index contributed by atoms with van der Waals surface area (Å²) in [5, 5.41) is 1.32. The normalized spacial score (nSPS) is 12.3. The SMILES string of the molecule is O=CC(Br)c1cc2c(OCc3ccccc3)cc(Cl)cc2o1. The Kier molecular flexibility index (Phi) is 4.50. The van der Waals surface area contributed by atoms with Crippen molar-refractivity contribution in [1.82, 2.24) is 0 Å². The van der Waals surface area contributed by atoms with Crippen LogP contribution in [-0.2, 0) is 11.4 Å². The molecule has 112 valence electrons. The Hall–Kier alpha value is -1.78. The molecule has 0 spiro atoms. The molecule has 1 aromatic heterocycles. The molecule has 5 heteroatoms. The van der Waals surface area contributed by atoms with Gasteiger partial charge in [0.1, 0.15) is 34.8 Å². The lowest BCUT2D eigenvalue weighted by Gasteiger charge is -2.07. The van der Waals surface area contributed by atoms with Gasteiger partial charge in [-0.05, 0) is 17.7 Å². The second-order valence-corrected chi connectivity index (χ2v) is 6.20. The lowest BCUT2D eigenvalue weighted by Crippen LogP contribution is -1.95. The summed E-state index contributed by atoms with van der Waals surface area (Å²) in [6.07, 6.45) is 0.768. The van der Waals surface area contributed by atoms with Crippen molar-refractivity contribution in [3.05, 3.63) is 64.9 Å². The van der Waals surface area contributed by atoms with Gasteiger partial charge in [0.05, 0.1) is 5.39 Å². The van der Waals surface area contributed by atoms with E-state index in [9.17, 15) is 4.79 Å². The highest BCUT2D eigenvalue weighted by Gasteiger charge is 2.16. The predicted molar refractivity (Wildman–Crippen MR) is 89.7 cm³/mol. The van der Waals surface area contributed by atoms with Gasteiger partial charge in [0.25, 0.3) is 0 Å². The molecule has 0 aliphatic heterocycles. The van der Waals surface area contributed by atoms with Crippen LogP contribution in [0.25, 0.3) is 11.0 Å². The van der Waals surface area contributed by atoms with Gasteiger partial charge in [-0.15, -0.1) is 0 Å². The molecule has 3 nitrogen and oxygen atoms in total. The number of hydrogen-bond acceptors (Lipinski definition) is 3. The Morgan fingerprint density at radius 1 is 1.23 bits per heavy atom. The van der Waals surface area contributed by atoms with Gasteiger partial charge >= 0.3 is 0 Å². The number of furan rings is 1. The molecular weight excluding hydrogens is 368 g/mol. The van der Waals surface area contributed by atoms with Crippen LogP contribution in [0.2, 0.25) is 5.02 Å². The molecule has 0 bridgehead atoms. The van der Waals surface area contributed by atoms with E-state index in [0.29, 0.717) is 28.7 Å². The number of fused-ring (bicyclic) bond motifs is 1. The molecule has 0 fully saturated rings. The minimum atomic E-state index is -0.486. The van der Waals surface area contributed by atoms with Crippen molar-refractivity contribution in [3.8, 4) is 5.75 Å². The van der Waals surface area contributed by atoms with Crippen molar-refractivity contribution in [1.29, 1.82) is 0 Å². The van der Waals surface area contributed by atoms with Crippen LogP contribution in [0.4, 0.5) is 0 Å². The molecule has 1 heterocycles. The summed E-state index contributed by atoms with van der Waals surface area (Å²) in [7, 11) is 0. The summed E-state index contributed by atoms with van der Waals surface area (Å²) < 4.78 is 11.5. The Morgan fingerprint density at radius 2 is 2.00 bits per heavy atom. The second kappa shape index (κ2) is 6.55. The first-order chi connectivity index (χ1) is 10.7. The van der Waals surface area contributed by atoms with Crippen LogP contribution in [0.5, 0.6) is 5.75 Å². The number of aldehydes is 1. The maximum absolute atomic E-state index is 10.9. The van der Waals surface area contributed by atoms with E-state index in [2.05, 4.69) is 15.9 Å². The quantitative estimate of drug-likeness (QED) is 0.446. The Bertz CT molecular complexity index is 798. The molecule has 0 aliphatic rings. The fourth-order valence-corrected chi connectivity index (χ4v) is 2.58. The van der Waals surface area contributed by atoms with Gasteiger partial charge in [0, 0.05) is 11.1 Å². The molecule has 0 radical (unpaired) electrons. The summed E-state index contributed by atoms with van der Waals surface area (Å²) in [6.45, 7) is 0.433. The minimum Gasteiger partial charge on any atom is -0.488 e. The zero-order valence-corrected chi connectivity index (χ0v) is 13.8. The van der Waals surface area contributed by atoms with Gasteiger partial charge in [-0.2, -0.15) is 0 Å². The predicted octanol–water partition coefficient (Wildman–Crippen LogP) is 5.30. The number of carbonyl (C=O) groups excluding carboxylic acids is 1. The van der Waals surface area contributed by atoms with Crippen molar-refractivity contribution in [2.45, 2.75) is 11.4 Å². The fourth-order valence-electron chi connectivity index (χ4n) is 2.15. The smallest absolute Gasteiger partial charge is 0.141 e. The first-order valence-electron chi connectivity index (χ1n) is 6.66. The van der Waals surface area contributed by atoms with Gasteiger partial charge in [-0.25, -0.2) is 0 Å². The largest absolute Gasteiger partial charge is 0.488 e. The first kappa shape index (κ1) is 15.1. The van der Waals surface area contributed by atoms with Gasteiger partial charge in [-0.1, -0.05) is 57.9 Å². The Balaban J connectivity index is 1.94. The third-order valence-electron chi connectivity index (χ3n) is 3.21. The molecule has 0 N–H and O–H groups in total. The molecule has 2 aromatic carbocycles. The third-order valence-corrected chi connectivity index (χ3v) is 4.10. The summed E-state index contributed by atoms with van der Waals surface area (Å²) >= 11 is 9.35. The van der Waals surface area contributed by atoms with Crippen molar-refractivity contribution in [3.63, 3.8) is 0 Å². The first-order valence-corrected chi connectivity index (χ1v) is 7.96. The van der Waals surface area contributed by atoms with E-state index in [4.69, 9.17) is 20.8 Å². The van der Waals surface area contributed by atoms with Crippen LogP contribution in [0.15, 0.2) is 52.9 Å². The Morgan fingerprint density at radius 3 is 2.73 bits per heavy atom. The molecular formula is C17H12BrClO3. The van der Waals surface area contributed by atoms with E-state index in [0.717, 1.165) is 17.2 Å². The van der Waals surface area contributed by atoms with Gasteiger partial charge in [0.15, 0.2) is 0 Å². The molecule has 22 heavy (non-hydrogen) atoms. The molecule has 3 aromatic rings. The van der Waals surface area contributed by atoms with Crippen molar-refractivity contribution in [2.24, 2.45) is 0 Å². The van der Waals surface area contributed by atoms with E-state index >= 15 is 0 Å². The average molecular weight is 380 g/mol. The molecule has 0 saturated heterocycles. The summed E-state index contributed by atoms with van der Waals surface area (Å²) in [4.78, 5) is 10.4. The number of benzene rings is 2. The average Bonchev–Trinajstić information content (AvgIpc) is 2.96. The number of ether oxygens (including phenoxy) is 1. The molecule has 0 amide bonds. The van der Waals surface area contributed by atoms with Crippen molar-refractivity contribution < 1.29 is 13.9 Å². The highest BCUT2D eigenvalue weighted by molar-refractivity contribution is 9.09. The Labute approximate surface area is 141 Å². The van der Waals surface area contributed by atoms with E-state index in [1.54, 1.807) is 18.2 Å². The van der Waals surface area contributed by atoms with Gasteiger partial charge in [-0.3, -0.25) is 0 Å². The third kappa shape index (κ3) is 3.18. The van der Waals surface area contributed by atoms with Crippen LogP contribution >= 0.6 is 27.5 Å². The van der Waals surface area contributed by atoms with E-state index < -0.39 is 4.83 Å². The van der Waals surface area contributed by atoms with Gasteiger partial charge < -0.3 is 13.9 Å². The number of rotatable bonds is 5. The highest BCUT2D eigenvalue weighted by Crippen LogP contribution is 2.36. The summed E-state index contributed by atoms with van der Waals surface area (Å²) in [5.74, 6) is 1.16. The number of halogens is 2. The van der Waals surface area contributed by atoms with E-state index in [1.165, 1.54) is 0 Å². The topological polar surface area (TPSA) is 39.4 Å². The summed E-state index contributed by atoms with van der Waals surface area (Å²) in [6, 6.07) is 15.1. The van der Waals surface area contributed by atoms with E-state index in [1.807, 2.05) is 30.3 Å². The molecule has 1 atom stereocenters. The monoisotopic (exact) mass is 378 g/mol. The molecule has 3 rings (SSSR count). The van der Waals surface area contributed by atoms with Crippen LogP contribution in [0, 0.1) is 0 Å². The van der Waals surface area contributed by atoms with Crippen molar-refractivity contribution in [2.75, 3.05) is 0 Å². The number of carbonyl (C=O) groups is 1. The summed E-state index contributed by atoms with van der Waals surface area (Å²) in [5.41, 5.74) is 1.66. The maximum Gasteiger partial charge on any atom is 0.141 e. The maximum atomic E-state index is 10.9. The minimum absolute atomic E-state index is 0.433. The van der Waals surface area contributed by atoms with Crippen LogP contribution in [0.1, 0.15) is 16.2 Å². The zero-order valence-electron chi connectivity index (χ0n) is 11.5.